The molecule has 3 nitrogen and oxygen atoms in total. The molecule has 10 heavy (non-hydrogen) atoms. The van der Waals surface area contributed by atoms with Gasteiger partial charge in [0.25, 0.3) is 0 Å². The van der Waals surface area contributed by atoms with E-state index in [0.717, 1.165) is 6.42 Å². The third-order valence-electron chi connectivity index (χ3n) is 1.82. The van der Waals surface area contributed by atoms with E-state index in [0.29, 0.717) is 12.8 Å². The van der Waals surface area contributed by atoms with Gasteiger partial charge in [-0.2, -0.15) is 0 Å². The molecule has 0 saturated heterocycles. The Morgan fingerprint density at radius 2 is 2.00 bits per heavy atom. The normalized spacial score (nSPS) is 35.6. The molecule has 0 radical (unpaired) electrons. The molecule has 0 spiro atoms. The molecule has 0 aromatic rings. The summed E-state index contributed by atoms with van der Waals surface area (Å²) in [6.07, 6.45) is 0.676. The summed E-state index contributed by atoms with van der Waals surface area (Å²) >= 11 is 0. The van der Waals surface area contributed by atoms with Crippen LogP contribution in [0.5, 0.6) is 0 Å². The van der Waals surface area contributed by atoms with Crippen LogP contribution in [0.1, 0.15) is 25.7 Å². The molecular weight excluding hydrogens is 132 g/mol. The van der Waals surface area contributed by atoms with E-state index in [1.165, 1.54) is 0 Å². The van der Waals surface area contributed by atoms with Crippen LogP contribution < -0.4 is 0 Å². The fourth-order valence-corrected chi connectivity index (χ4v) is 1.18. The Balaban J connectivity index is 2.49. The second kappa shape index (κ2) is 3.12. The van der Waals surface area contributed by atoms with Gasteiger partial charge in [0.1, 0.15) is 6.10 Å². The molecule has 1 rings (SSSR count). The smallest absolute Gasteiger partial charge is 0.163 e. The van der Waals surface area contributed by atoms with E-state index in [4.69, 9.17) is 10.2 Å². The minimum Gasteiger partial charge on any atom is -0.393 e. The van der Waals surface area contributed by atoms with Crippen molar-refractivity contribution in [1.29, 1.82) is 0 Å². The number of ketones is 1. The first-order valence-electron chi connectivity index (χ1n) is 3.59. The van der Waals surface area contributed by atoms with E-state index in [2.05, 4.69) is 0 Å². The van der Waals surface area contributed by atoms with Gasteiger partial charge in [0.2, 0.25) is 0 Å². The largest absolute Gasteiger partial charge is 0.393 e. The maximum atomic E-state index is 10.8. The van der Waals surface area contributed by atoms with E-state index < -0.39 is 12.2 Å². The summed E-state index contributed by atoms with van der Waals surface area (Å²) in [6.45, 7) is 0. The lowest BCUT2D eigenvalue weighted by Gasteiger charge is -2.03. The summed E-state index contributed by atoms with van der Waals surface area (Å²) in [7, 11) is 0. The summed E-state index contributed by atoms with van der Waals surface area (Å²) in [5, 5.41) is 18.1. The lowest BCUT2D eigenvalue weighted by Crippen LogP contribution is -2.20. The zero-order chi connectivity index (χ0) is 7.56. The molecule has 1 aliphatic carbocycles. The van der Waals surface area contributed by atoms with Gasteiger partial charge in [-0.05, 0) is 19.3 Å². The molecule has 0 heterocycles. The molecule has 0 amide bonds. The van der Waals surface area contributed by atoms with Gasteiger partial charge in [-0.3, -0.25) is 4.79 Å². The first-order chi connectivity index (χ1) is 4.70. The van der Waals surface area contributed by atoms with Crippen molar-refractivity contribution in [1.82, 2.24) is 0 Å². The first kappa shape index (κ1) is 7.69. The summed E-state index contributed by atoms with van der Waals surface area (Å²) in [4.78, 5) is 10.8. The highest BCUT2D eigenvalue weighted by Crippen LogP contribution is 2.14. The number of carbonyl (C=O) groups excluding carboxylic acids is 1. The van der Waals surface area contributed by atoms with Gasteiger partial charge in [-0.25, -0.2) is 0 Å². The quantitative estimate of drug-likeness (QED) is 0.465. The second-order valence-corrected chi connectivity index (χ2v) is 2.77. The molecule has 0 aromatic carbocycles. The Labute approximate surface area is 59.7 Å². The number of Topliss-reactive ketones (excluding diaryl/α,β-unsaturated/α-hetero) is 1. The van der Waals surface area contributed by atoms with Crippen molar-refractivity contribution in [3.05, 3.63) is 0 Å². The van der Waals surface area contributed by atoms with E-state index >= 15 is 0 Å². The van der Waals surface area contributed by atoms with Gasteiger partial charge in [0.15, 0.2) is 5.78 Å². The molecule has 0 aromatic heterocycles. The van der Waals surface area contributed by atoms with E-state index in [-0.39, 0.29) is 12.2 Å². The number of rotatable bonds is 0. The van der Waals surface area contributed by atoms with Gasteiger partial charge in [-0.15, -0.1) is 0 Å². The first-order valence-corrected chi connectivity index (χ1v) is 3.59. The summed E-state index contributed by atoms with van der Waals surface area (Å²) in [5.41, 5.74) is 0. The van der Waals surface area contributed by atoms with Crippen LogP contribution in [-0.2, 0) is 4.79 Å². The van der Waals surface area contributed by atoms with Crippen molar-refractivity contribution in [3.63, 3.8) is 0 Å². The third-order valence-corrected chi connectivity index (χ3v) is 1.82. The fourth-order valence-electron chi connectivity index (χ4n) is 1.18. The van der Waals surface area contributed by atoms with Crippen LogP contribution in [0.25, 0.3) is 0 Å². The molecule has 2 unspecified atom stereocenters. The SMILES string of the molecule is O=C1CC(O)CCCC1O. The highest BCUT2D eigenvalue weighted by atomic mass is 16.3. The van der Waals surface area contributed by atoms with Crippen LogP contribution >= 0.6 is 0 Å². The monoisotopic (exact) mass is 144 g/mol. The van der Waals surface area contributed by atoms with Crippen molar-refractivity contribution >= 4 is 5.78 Å². The molecule has 2 N–H and O–H groups in total. The molecule has 1 fully saturated rings. The molecule has 0 aliphatic heterocycles. The highest BCUT2D eigenvalue weighted by molar-refractivity contribution is 5.83. The van der Waals surface area contributed by atoms with Gasteiger partial charge in [0, 0.05) is 6.42 Å². The molecule has 3 heteroatoms. The summed E-state index contributed by atoms with van der Waals surface area (Å²) in [5.74, 6) is -0.218. The lowest BCUT2D eigenvalue weighted by molar-refractivity contribution is -0.128. The molecule has 1 aliphatic rings. The Morgan fingerprint density at radius 1 is 1.30 bits per heavy atom. The van der Waals surface area contributed by atoms with Gasteiger partial charge in [0.05, 0.1) is 6.10 Å². The minimum absolute atomic E-state index is 0.126. The standard InChI is InChI=1S/C7H12O3/c8-5-2-1-3-6(9)7(10)4-5/h5-6,8-9H,1-4H2. The van der Waals surface area contributed by atoms with Crippen LogP contribution in [0.15, 0.2) is 0 Å². The maximum absolute atomic E-state index is 10.8. The maximum Gasteiger partial charge on any atom is 0.163 e. The number of carbonyl (C=O) groups is 1. The molecule has 2 atom stereocenters. The number of aliphatic hydroxyl groups is 2. The van der Waals surface area contributed by atoms with E-state index in [9.17, 15) is 4.79 Å². The molecule has 0 bridgehead atoms. The van der Waals surface area contributed by atoms with Crippen LogP contribution in [0.4, 0.5) is 0 Å². The van der Waals surface area contributed by atoms with E-state index in [1.807, 2.05) is 0 Å². The average molecular weight is 144 g/mol. The Morgan fingerprint density at radius 3 is 2.70 bits per heavy atom. The van der Waals surface area contributed by atoms with Crippen LogP contribution in [-0.4, -0.2) is 28.2 Å². The summed E-state index contributed by atoms with van der Waals surface area (Å²) in [6, 6.07) is 0. The van der Waals surface area contributed by atoms with Crippen molar-refractivity contribution in [2.45, 2.75) is 37.9 Å². The predicted octanol–water partition coefficient (Wildman–Crippen LogP) is -0.149. The van der Waals surface area contributed by atoms with Crippen molar-refractivity contribution in [2.75, 3.05) is 0 Å². The second-order valence-electron chi connectivity index (χ2n) is 2.77. The number of hydrogen-bond acceptors (Lipinski definition) is 3. The Hall–Kier alpha value is -0.410. The molecule has 1 saturated carbocycles. The number of aliphatic hydroxyl groups excluding tert-OH is 2. The van der Waals surface area contributed by atoms with Crippen molar-refractivity contribution < 1.29 is 15.0 Å². The molecule has 58 valence electrons. The minimum atomic E-state index is -0.822. The zero-order valence-corrected chi connectivity index (χ0v) is 5.79. The van der Waals surface area contributed by atoms with Crippen LogP contribution in [0.2, 0.25) is 0 Å². The van der Waals surface area contributed by atoms with Crippen LogP contribution in [0.3, 0.4) is 0 Å². The van der Waals surface area contributed by atoms with Gasteiger partial charge < -0.3 is 10.2 Å². The van der Waals surface area contributed by atoms with Crippen molar-refractivity contribution in [3.8, 4) is 0 Å². The topological polar surface area (TPSA) is 57.5 Å². The fraction of sp³-hybridized carbons (Fsp3) is 0.857. The lowest BCUT2D eigenvalue weighted by atomic mass is 10.1. The van der Waals surface area contributed by atoms with Crippen molar-refractivity contribution in [2.24, 2.45) is 0 Å². The average Bonchev–Trinajstić information content (AvgIpc) is 1.96. The zero-order valence-electron chi connectivity index (χ0n) is 5.79. The van der Waals surface area contributed by atoms with Gasteiger partial charge >= 0.3 is 0 Å². The predicted molar refractivity (Wildman–Crippen MR) is 35.5 cm³/mol. The number of hydrogen-bond donors (Lipinski definition) is 2. The van der Waals surface area contributed by atoms with Crippen LogP contribution in [0, 0.1) is 0 Å². The summed E-state index contributed by atoms with van der Waals surface area (Å²) < 4.78 is 0. The van der Waals surface area contributed by atoms with E-state index in [1.54, 1.807) is 0 Å². The van der Waals surface area contributed by atoms with Gasteiger partial charge in [-0.1, -0.05) is 0 Å². The molecular formula is C7H12O3. The Kier molecular flexibility index (Phi) is 2.40. The highest BCUT2D eigenvalue weighted by Gasteiger charge is 2.22. The third kappa shape index (κ3) is 1.78. The Bertz CT molecular complexity index is 133.